The Hall–Kier alpha value is -1.61. The molecular weight excluding hydrogens is 226 g/mol. The third kappa shape index (κ3) is 2.62. The number of hydrogen-bond donors (Lipinski definition) is 1. The highest BCUT2D eigenvalue weighted by atomic mass is 16.3. The molecule has 0 bridgehead atoms. The van der Waals surface area contributed by atoms with E-state index < -0.39 is 0 Å². The van der Waals surface area contributed by atoms with E-state index in [1.54, 1.807) is 11.0 Å². The van der Waals surface area contributed by atoms with Gasteiger partial charge in [-0.1, -0.05) is 30.3 Å². The molecule has 1 aromatic carbocycles. The fraction of sp³-hybridized carbons (Fsp3) is 0.400. The molecule has 1 N–H and O–H groups in total. The Kier molecular flexibility index (Phi) is 4.15. The van der Waals surface area contributed by atoms with Crippen molar-refractivity contribution in [3.63, 3.8) is 0 Å². The number of amides is 1. The van der Waals surface area contributed by atoms with Gasteiger partial charge in [0.2, 0.25) is 5.91 Å². The topological polar surface area (TPSA) is 40.5 Å². The van der Waals surface area contributed by atoms with Crippen LogP contribution in [0.15, 0.2) is 36.9 Å². The highest BCUT2D eigenvalue weighted by molar-refractivity contribution is 5.80. The number of carbonyl (C=O) groups is 1. The predicted molar refractivity (Wildman–Crippen MR) is 71.2 cm³/mol. The molecule has 0 aliphatic heterocycles. The van der Waals surface area contributed by atoms with E-state index in [4.69, 9.17) is 5.11 Å². The summed E-state index contributed by atoms with van der Waals surface area (Å²) < 4.78 is 0. The minimum Gasteiger partial charge on any atom is -0.395 e. The van der Waals surface area contributed by atoms with E-state index in [9.17, 15) is 4.79 Å². The number of hydrogen-bond acceptors (Lipinski definition) is 2. The van der Waals surface area contributed by atoms with Gasteiger partial charge in [0.05, 0.1) is 6.61 Å². The largest absolute Gasteiger partial charge is 0.395 e. The van der Waals surface area contributed by atoms with Gasteiger partial charge in [-0.2, -0.15) is 0 Å². The zero-order chi connectivity index (χ0) is 13.0. The first kappa shape index (κ1) is 12.8. The van der Waals surface area contributed by atoms with Gasteiger partial charge in [-0.3, -0.25) is 4.79 Å². The second-order valence-corrected chi connectivity index (χ2v) is 4.67. The van der Waals surface area contributed by atoms with Crippen LogP contribution in [-0.2, 0) is 17.6 Å². The van der Waals surface area contributed by atoms with Gasteiger partial charge in [0, 0.05) is 19.0 Å². The Morgan fingerprint density at radius 3 is 2.50 bits per heavy atom. The summed E-state index contributed by atoms with van der Waals surface area (Å²) in [5.74, 6) is 0.147. The minimum atomic E-state index is -0.000746. The summed E-state index contributed by atoms with van der Waals surface area (Å²) in [7, 11) is 0. The normalized spacial score (nSPS) is 14.3. The SMILES string of the molecule is C=CCN(CCO)C(=O)C1Cc2ccccc2C1. The molecule has 18 heavy (non-hydrogen) atoms. The van der Waals surface area contributed by atoms with Crippen LogP contribution in [0.4, 0.5) is 0 Å². The first-order chi connectivity index (χ1) is 8.76. The molecule has 96 valence electrons. The maximum Gasteiger partial charge on any atom is 0.226 e. The van der Waals surface area contributed by atoms with E-state index in [0.717, 1.165) is 12.8 Å². The summed E-state index contributed by atoms with van der Waals surface area (Å²) in [6.07, 6.45) is 3.33. The number of nitrogens with zero attached hydrogens (tertiary/aromatic N) is 1. The molecule has 0 saturated heterocycles. The maximum atomic E-state index is 12.4. The molecule has 3 nitrogen and oxygen atoms in total. The Labute approximate surface area is 108 Å². The minimum absolute atomic E-state index is 0.000746. The Morgan fingerprint density at radius 1 is 1.39 bits per heavy atom. The van der Waals surface area contributed by atoms with Crippen molar-refractivity contribution in [1.29, 1.82) is 0 Å². The smallest absolute Gasteiger partial charge is 0.226 e. The molecule has 0 atom stereocenters. The van der Waals surface area contributed by atoms with Crippen LogP contribution in [0.1, 0.15) is 11.1 Å². The van der Waals surface area contributed by atoms with E-state index >= 15 is 0 Å². The molecule has 0 saturated carbocycles. The van der Waals surface area contributed by atoms with Crippen LogP contribution in [0.25, 0.3) is 0 Å². The number of benzene rings is 1. The van der Waals surface area contributed by atoms with E-state index in [-0.39, 0.29) is 18.4 Å². The summed E-state index contributed by atoms with van der Waals surface area (Å²) >= 11 is 0. The summed E-state index contributed by atoms with van der Waals surface area (Å²) in [4.78, 5) is 14.0. The zero-order valence-corrected chi connectivity index (χ0v) is 10.5. The summed E-state index contributed by atoms with van der Waals surface area (Å²) in [5.41, 5.74) is 2.55. The van der Waals surface area contributed by atoms with Crippen LogP contribution < -0.4 is 0 Å². The molecule has 2 rings (SSSR count). The van der Waals surface area contributed by atoms with E-state index in [1.165, 1.54) is 11.1 Å². The number of carbonyl (C=O) groups excluding carboxylic acids is 1. The predicted octanol–water partition coefficient (Wildman–Crippen LogP) is 1.41. The second kappa shape index (κ2) is 5.83. The molecule has 1 aromatic rings. The molecule has 1 amide bonds. The average molecular weight is 245 g/mol. The van der Waals surface area contributed by atoms with Gasteiger partial charge >= 0.3 is 0 Å². The van der Waals surface area contributed by atoms with Crippen LogP contribution in [0.3, 0.4) is 0 Å². The van der Waals surface area contributed by atoms with Crippen LogP contribution in [-0.4, -0.2) is 35.6 Å². The van der Waals surface area contributed by atoms with Gasteiger partial charge in [0.1, 0.15) is 0 Å². The highest BCUT2D eigenvalue weighted by Crippen LogP contribution is 2.27. The summed E-state index contributed by atoms with van der Waals surface area (Å²) in [6.45, 7) is 4.55. The second-order valence-electron chi connectivity index (χ2n) is 4.67. The van der Waals surface area contributed by atoms with Crippen molar-refractivity contribution in [1.82, 2.24) is 4.90 Å². The van der Waals surface area contributed by atoms with Crippen LogP contribution >= 0.6 is 0 Å². The number of aliphatic hydroxyl groups is 1. The third-order valence-electron chi connectivity index (χ3n) is 3.43. The van der Waals surface area contributed by atoms with Gasteiger partial charge in [-0.15, -0.1) is 6.58 Å². The fourth-order valence-corrected chi connectivity index (χ4v) is 2.56. The fourth-order valence-electron chi connectivity index (χ4n) is 2.56. The van der Waals surface area contributed by atoms with E-state index in [0.29, 0.717) is 13.1 Å². The molecule has 0 fully saturated rings. The van der Waals surface area contributed by atoms with Gasteiger partial charge in [-0.25, -0.2) is 0 Å². The summed E-state index contributed by atoms with van der Waals surface area (Å²) in [5, 5.41) is 9.00. The van der Waals surface area contributed by atoms with Crippen molar-refractivity contribution in [2.75, 3.05) is 19.7 Å². The number of rotatable bonds is 5. The Balaban J connectivity index is 2.05. The molecule has 0 spiro atoms. The maximum absolute atomic E-state index is 12.4. The highest BCUT2D eigenvalue weighted by Gasteiger charge is 2.29. The van der Waals surface area contributed by atoms with Crippen LogP contribution in [0.2, 0.25) is 0 Å². The third-order valence-corrected chi connectivity index (χ3v) is 3.43. The zero-order valence-electron chi connectivity index (χ0n) is 10.5. The van der Waals surface area contributed by atoms with Gasteiger partial charge in [-0.05, 0) is 24.0 Å². The van der Waals surface area contributed by atoms with E-state index in [1.807, 2.05) is 12.1 Å². The molecule has 0 aromatic heterocycles. The van der Waals surface area contributed by atoms with Gasteiger partial charge in [0.15, 0.2) is 0 Å². The lowest BCUT2D eigenvalue weighted by Crippen LogP contribution is -2.38. The molecule has 0 radical (unpaired) electrons. The lowest BCUT2D eigenvalue weighted by Gasteiger charge is -2.23. The average Bonchev–Trinajstić information content (AvgIpc) is 2.81. The standard InChI is InChI=1S/C15H19NO2/c1-2-7-16(8-9-17)15(18)14-10-12-5-3-4-6-13(12)11-14/h2-6,14,17H,1,7-11H2. The molecule has 3 heteroatoms. The van der Waals surface area contributed by atoms with Crippen molar-refractivity contribution in [3.05, 3.63) is 48.0 Å². The van der Waals surface area contributed by atoms with Crippen molar-refractivity contribution in [2.24, 2.45) is 5.92 Å². The van der Waals surface area contributed by atoms with Crippen LogP contribution in [0, 0.1) is 5.92 Å². The quantitative estimate of drug-likeness (QED) is 0.797. The van der Waals surface area contributed by atoms with E-state index in [2.05, 4.69) is 18.7 Å². The van der Waals surface area contributed by atoms with Crippen LogP contribution in [0.5, 0.6) is 0 Å². The number of aliphatic hydroxyl groups excluding tert-OH is 1. The molecule has 0 heterocycles. The first-order valence-corrected chi connectivity index (χ1v) is 6.33. The molecular formula is C15H19NO2. The molecule has 1 aliphatic carbocycles. The molecule has 1 aliphatic rings. The Morgan fingerprint density at radius 2 is 2.00 bits per heavy atom. The first-order valence-electron chi connectivity index (χ1n) is 6.33. The number of fused-ring (bicyclic) bond motifs is 1. The van der Waals surface area contributed by atoms with Crippen molar-refractivity contribution in [2.45, 2.75) is 12.8 Å². The Bertz CT molecular complexity index is 417. The van der Waals surface area contributed by atoms with Gasteiger partial charge in [0.25, 0.3) is 0 Å². The lowest BCUT2D eigenvalue weighted by molar-refractivity contribution is -0.135. The monoisotopic (exact) mass is 245 g/mol. The van der Waals surface area contributed by atoms with Crippen molar-refractivity contribution >= 4 is 5.91 Å². The lowest BCUT2D eigenvalue weighted by atomic mass is 10.0. The van der Waals surface area contributed by atoms with Crippen molar-refractivity contribution < 1.29 is 9.90 Å². The van der Waals surface area contributed by atoms with Crippen molar-refractivity contribution in [3.8, 4) is 0 Å². The van der Waals surface area contributed by atoms with Gasteiger partial charge < -0.3 is 10.0 Å². The molecule has 0 unspecified atom stereocenters. The summed E-state index contributed by atoms with van der Waals surface area (Å²) in [6, 6.07) is 8.21.